The van der Waals surface area contributed by atoms with Gasteiger partial charge in [0.15, 0.2) is 0 Å². The van der Waals surface area contributed by atoms with Crippen LogP contribution in [-0.2, 0) is 0 Å². The lowest BCUT2D eigenvalue weighted by Crippen LogP contribution is -2.42. The molecule has 1 aromatic carbocycles. The lowest BCUT2D eigenvalue weighted by molar-refractivity contribution is 0.0643. The van der Waals surface area contributed by atoms with E-state index in [1.807, 2.05) is 44.5 Å². The third kappa shape index (κ3) is 4.30. The molecule has 0 aliphatic carbocycles. The van der Waals surface area contributed by atoms with Gasteiger partial charge in [0, 0.05) is 41.4 Å². The second-order valence-corrected chi connectivity index (χ2v) is 9.20. The standard InChI is InChI=1S/C26H28BFN4O/c1-17(2)32(18(3)4)26(33)22-12-20(28)7-8-24(22)31-15-23(21-9-11-30-14-25(21)31)19-6-5-10-27(13-19)16-29/h6-9,11-12,14-15,17-18H,5,10,13H2,1-4H3. The summed E-state index contributed by atoms with van der Waals surface area (Å²) in [5.74, 6) is 1.75. The van der Waals surface area contributed by atoms with Gasteiger partial charge < -0.3 is 9.47 Å². The maximum absolute atomic E-state index is 14.3. The van der Waals surface area contributed by atoms with Gasteiger partial charge in [-0.1, -0.05) is 12.4 Å². The highest BCUT2D eigenvalue weighted by atomic mass is 19.1. The van der Waals surface area contributed by atoms with Crippen LogP contribution in [0.15, 0.2) is 48.9 Å². The van der Waals surface area contributed by atoms with E-state index in [0.29, 0.717) is 17.6 Å². The summed E-state index contributed by atoms with van der Waals surface area (Å²) in [6.07, 6.45) is 10.1. The molecule has 0 atom stereocenters. The maximum atomic E-state index is 14.3. The van der Waals surface area contributed by atoms with Crippen LogP contribution in [0.4, 0.5) is 4.39 Å². The Bertz CT molecular complexity index is 1260. The summed E-state index contributed by atoms with van der Waals surface area (Å²) in [4.78, 5) is 19.7. The van der Waals surface area contributed by atoms with Gasteiger partial charge in [-0.05, 0) is 70.3 Å². The minimum absolute atomic E-state index is 0.00108. The smallest absolute Gasteiger partial charge is 0.272 e. The first kappa shape index (κ1) is 22.8. The number of rotatable bonds is 5. The molecule has 0 saturated heterocycles. The Morgan fingerprint density at radius 1 is 1.24 bits per heavy atom. The molecule has 7 heteroatoms. The van der Waals surface area contributed by atoms with Crippen molar-refractivity contribution in [3.8, 4) is 11.7 Å². The lowest BCUT2D eigenvalue weighted by atomic mass is 9.42. The summed E-state index contributed by atoms with van der Waals surface area (Å²) in [5, 5.41) is 10.4. The molecule has 0 radical (unpaired) electrons. The van der Waals surface area contributed by atoms with E-state index in [2.05, 4.69) is 17.0 Å². The van der Waals surface area contributed by atoms with Crippen molar-refractivity contribution < 1.29 is 9.18 Å². The second kappa shape index (κ2) is 9.23. The van der Waals surface area contributed by atoms with E-state index in [4.69, 9.17) is 0 Å². The van der Waals surface area contributed by atoms with Crippen molar-refractivity contribution in [2.75, 3.05) is 0 Å². The molecule has 1 aliphatic rings. The molecule has 0 fully saturated rings. The third-order valence-corrected chi connectivity index (χ3v) is 6.30. The van der Waals surface area contributed by atoms with Gasteiger partial charge in [0.2, 0.25) is 0 Å². The van der Waals surface area contributed by atoms with E-state index >= 15 is 0 Å². The van der Waals surface area contributed by atoms with Crippen LogP contribution >= 0.6 is 0 Å². The number of hydrogen-bond donors (Lipinski definition) is 0. The molecule has 0 unspecified atom stereocenters. The number of carbonyl (C=O) groups is 1. The zero-order valence-electron chi connectivity index (χ0n) is 19.5. The quantitative estimate of drug-likeness (QED) is 0.472. The minimum Gasteiger partial charge on any atom is -0.334 e. The Hall–Kier alpha value is -3.40. The molecule has 1 amide bonds. The number of benzene rings is 1. The van der Waals surface area contributed by atoms with Gasteiger partial charge in [0.1, 0.15) is 5.82 Å². The van der Waals surface area contributed by atoms with Gasteiger partial charge in [-0.2, -0.15) is 0 Å². The Morgan fingerprint density at radius 3 is 2.70 bits per heavy atom. The Morgan fingerprint density at radius 2 is 2.00 bits per heavy atom. The normalized spacial score (nSPS) is 14.0. The van der Waals surface area contributed by atoms with E-state index < -0.39 is 5.82 Å². The zero-order valence-corrected chi connectivity index (χ0v) is 19.5. The summed E-state index contributed by atoms with van der Waals surface area (Å²) in [5.41, 5.74) is 3.93. The van der Waals surface area contributed by atoms with E-state index in [1.54, 1.807) is 23.4 Å². The van der Waals surface area contributed by atoms with Gasteiger partial charge in [-0.3, -0.25) is 9.78 Å². The molecular formula is C26H28BFN4O. The highest BCUT2D eigenvalue weighted by Crippen LogP contribution is 2.35. The first-order chi connectivity index (χ1) is 15.8. The molecule has 3 heterocycles. The fourth-order valence-electron chi connectivity index (χ4n) is 4.86. The number of nitriles is 1. The molecule has 33 heavy (non-hydrogen) atoms. The van der Waals surface area contributed by atoms with Crippen molar-refractivity contribution in [3.05, 3.63) is 65.9 Å². The van der Waals surface area contributed by atoms with Gasteiger partial charge in [0.25, 0.3) is 12.6 Å². The van der Waals surface area contributed by atoms with Crippen LogP contribution in [0.5, 0.6) is 0 Å². The fourth-order valence-corrected chi connectivity index (χ4v) is 4.86. The summed E-state index contributed by atoms with van der Waals surface area (Å²) in [7, 11) is 0. The Balaban J connectivity index is 1.90. The second-order valence-electron chi connectivity index (χ2n) is 9.20. The molecule has 3 aromatic rings. The van der Waals surface area contributed by atoms with Gasteiger partial charge in [-0.15, -0.1) is 0 Å². The SMILES string of the molecule is CC(C)N(C(=O)c1cc(F)ccc1-n1cc(C2=CCCB(C#N)C2)c2ccncc21)C(C)C. The molecule has 2 aromatic heterocycles. The number of hydrogen-bond acceptors (Lipinski definition) is 3. The number of fused-ring (bicyclic) bond motifs is 1. The molecule has 168 valence electrons. The van der Waals surface area contributed by atoms with E-state index in [0.717, 1.165) is 34.8 Å². The van der Waals surface area contributed by atoms with Gasteiger partial charge >= 0.3 is 0 Å². The molecule has 0 bridgehead atoms. The molecule has 4 rings (SSSR count). The Kier molecular flexibility index (Phi) is 6.37. The van der Waals surface area contributed by atoms with Crippen LogP contribution < -0.4 is 0 Å². The number of carbonyl (C=O) groups excluding carboxylic acids is 1. The Labute approximate surface area is 194 Å². The number of aromatic nitrogens is 2. The van der Waals surface area contributed by atoms with E-state index in [9.17, 15) is 14.4 Å². The van der Waals surface area contributed by atoms with Crippen molar-refractivity contribution in [2.45, 2.75) is 58.8 Å². The topological polar surface area (TPSA) is 61.9 Å². The molecule has 0 N–H and O–H groups in total. The zero-order chi connectivity index (χ0) is 23.7. The van der Waals surface area contributed by atoms with Crippen LogP contribution in [0.1, 0.15) is 50.0 Å². The van der Waals surface area contributed by atoms with Crippen molar-refractivity contribution >= 4 is 29.1 Å². The van der Waals surface area contributed by atoms with Crippen molar-refractivity contribution in [1.29, 1.82) is 5.26 Å². The molecule has 0 saturated carbocycles. The van der Waals surface area contributed by atoms with Crippen molar-refractivity contribution in [1.82, 2.24) is 14.5 Å². The largest absolute Gasteiger partial charge is 0.334 e. The molecule has 5 nitrogen and oxygen atoms in total. The fraction of sp³-hybridized carbons (Fsp3) is 0.346. The predicted molar refractivity (Wildman–Crippen MR) is 131 cm³/mol. The first-order valence-corrected chi connectivity index (χ1v) is 11.5. The summed E-state index contributed by atoms with van der Waals surface area (Å²) < 4.78 is 16.3. The van der Waals surface area contributed by atoms with Crippen LogP contribution in [-0.4, -0.2) is 39.2 Å². The van der Waals surface area contributed by atoms with Gasteiger partial charge in [-0.25, -0.2) is 9.65 Å². The number of nitrogens with zero attached hydrogens (tertiary/aromatic N) is 4. The van der Waals surface area contributed by atoms with Crippen LogP contribution in [0.3, 0.4) is 0 Å². The summed E-state index contributed by atoms with van der Waals surface area (Å²) >= 11 is 0. The minimum atomic E-state index is -0.448. The van der Waals surface area contributed by atoms with Crippen molar-refractivity contribution in [3.63, 3.8) is 0 Å². The molecular weight excluding hydrogens is 414 g/mol. The number of amides is 1. The highest BCUT2D eigenvalue weighted by Gasteiger charge is 2.27. The molecule has 0 spiro atoms. The average molecular weight is 442 g/mol. The van der Waals surface area contributed by atoms with Crippen molar-refractivity contribution in [2.24, 2.45) is 0 Å². The third-order valence-electron chi connectivity index (χ3n) is 6.30. The summed E-state index contributed by atoms with van der Waals surface area (Å²) in [6.45, 7) is 7.85. The van der Waals surface area contributed by atoms with Crippen LogP contribution in [0.25, 0.3) is 22.2 Å². The maximum Gasteiger partial charge on any atom is 0.272 e. The van der Waals surface area contributed by atoms with Gasteiger partial charge in [0.05, 0.1) is 23.0 Å². The van der Waals surface area contributed by atoms with Crippen LogP contribution in [0.2, 0.25) is 12.6 Å². The monoisotopic (exact) mass is 442 g/mol. The molecule has 1 aliphatic heterocycles. The number of allylic oxidation sites excluding steroid dienone is 2. The number of halogens is 1. The van der Waals surface area contributed by atoms with E-state index in [-0.39, 0.29) is 24.7 Å². The lowest BCUT2D eigenvalue weighted by Gasteiger charge is -2.31. The van der Waals surface area contributed by atoms with E-state index in [1.165, 1.54) is 12.1 Å². The summed E-state index contributed by atoms with van der Waals surface area (Å²) in [6, 6.07) is 6.27. The highest BCUT2D eigenvalue weighted by molar-refractivity contribution is 6.69. The number of pyridine rings is 1. The first-order valence-electron chi connectivity index (χ1n) is 11.5. The average Bonchev–Trinajstić information content (AvgIpc) is 3.18. The van der Waals surface area contributed by atoms with Crippen LogP contribution in [0, 0.1) is 17.0 Å². The predicted octanol–water partition coefficient (Wildman–Crippen LogP) is 5.77.